The highest BCUT2D eigenvalue weighted by atomic mass is 16.4. The third-order valence-corrected chi connectivity index (χ3v) is 3.76. The summed E-state index contributed by atoms with van der Waals surface area (Å²) < 4.78 is 0. The van der Waals surface area contributed by atoms with Crippen LogP contribution in [-0.2, 0) is 11.2 Å². The molecule has 1 aliphatic heterocycles. The van der Waals surface area contributed by atoms with Crippen molar-refractivity contribution in [2.45, 2.75) is 38.6 Å². The van der Waals surface area contributed by atoms with E-state index in [4.69, 9.17) is 5.11 Å². The molecule has 0 saturated carbocycles. The minimum atomic E-state index is -0.975. The normalized spacial score (nSPS) is 18.6. The monoisotopic (exact) mass is 261 g/mol. The van der Waals surface area contributed by atoms with E-state index >= 15 is 0 Å². The second kappa shape index (κ2) is 5.87. The second-order valence-electron chi connectivity index (χ2n) is 4.93. The third kappa shape index (κ3) is 2.95. The summed E-state index contributed by atoms with van der Waals surface area (Å²) in [6.07, 6.45) is 3.25. The Bertz CT molecular complexity index is 484. The summed E-state index contributed by atoms with van der Waals surface area (Å²) in [7, 11) is 0. The first-order valence-corrected chi connectivity index (χ1v) is 6.74. The van der Waals surface area contributed by atoms with E-state index in [2.05, 4.69) is 6.92 Å². The van der Waals surface area contributed by atoms with Gasteiger partial charge in [-0.3, -0.25) is 4.79 Å². The highest BCUT2D eigenvalue weighted by molar-refractivity contribution is 5.91. The average Bonchev–Trinajstić information content (AvgIpc) is 2.87. The Morgan fingerprint density at radius 2 is 2.11 bits per heavy atom. The molecule has 0 aliphatic carbocycles. The van der Waals surface area contributed by atoms with Gasteiger partial charge in [0.1, 0.15) is 0 Å². The van der Waals surface area contributed by atoms with E-state index in [0.717, 1.165) is 25.8 Å². The summed E-state index contributed by atoms with van der Waals surface area (Å²) in [5.74, 6) is -0.935. The van der Waals surface area contributed by atoms with Crippen LogP contribution in [0.25, 0.3) is 0 Å². The van der Waals surface area contributed by atoms with Crippen LogP contribution in [-0.4, -0.2) is 34.5 Å². The minimum absolute atomic E-state index is 0.0399. The summed E-state index contributed by atoms with van der Waals surface area (Å²) in [5, 5.41) is 9.12. The summed E-state index contributed by atoms with van der Waals surface area (Å²) in [5.41, 5.74) is 0.824. The number of amides is 1. The van der Waals surface area contributed by atoms with Gasteiger partial charge >= 0.3 is 5.97 Å². The van der Waals surface area contributed by atoms with Gasteiger partial charge in [0.05, 0.1) is 12.0 Å². The first kappa shape index (κ1) is 13.6. The van der Waals surface area contributed by atoms with E-state index in [-0.39, 0.29) is 17.9 Å². The molecule has 0 aromatic heterocycles. The molecule has 1 N–H and O–H groups in total. The van der Waals surface area contributed by atoms with Gasteiger partial charge in [0.2, 0.25) is 5.91 Å². The zero-order chi connectivity index (χ0) is 13.8. The van der Waals surface area contributed by atoms with Crippen molar-refractivity contribution < 1.29 is 14.7 Å². The molecular weight excluding hydrogens is 242 g/mol. The zero-order valence-electron chi connectivity index (χ0n) is 11.1. The molecule has 1 amide bonds. The fourth-order valence-electron chi connectivity index (χ4n) is 2.74. The molecule has 1 aromatic carbocycles. The number of benzene rings is 1. The van der Waals surface area contributed by atoms with Crippen LogP contribution in [0.1, 0.15) is 42.1 Å². The Hall–Kier alpha value is -1.84. The number of carboxylic acid groups (broad SMARTS) is 1. The molecule has 1 saturated heterocycles. The fraction of sp³-hybridized carbons (Fsp3) is 0.467. The standard InChI is InChI=1S/C15H19NO3/c1-2-12-7-5-9-16(12)14(17)10-11-6-3-4-8-13(11)15(18)19/h3-4,6,8,12H,2,5,7,9-10H2,1H3,(H,18,19). The smallest absolute Gasteiger partial charge is 0.335 e. The summed E-state index contributed by atoms with van der Waals surface area (Å²) >= 11 is 0. The van der Waals surface area contributed by atoms with Gasteiger partial charge in [0.15, 0.2) is 0 Å². The Labute approximate surface area is 113 Å². The molecule has 1 aliphatic rings. The number of carbonyl (C=O) groups excluding carboxylic acids is 1. The van der Waals surface area contributed by atoms with Crippen LogP contribution in [0.15, 0.2) is 24.3 Å². The third-order valence-electron chi connectivity index (χ3n) is 3.76. The largest absolute Gasteiger partial charge is 0.478 e. The van der Waals surface area contributed by atoms with Crippen molar-refractivity contribution in [1.82, 2.24) is 4.90 Å². The maximum atomic E-state index is 12.3. The lowest BCUT2D eigenvalue weighted by atomic mass is 10.0. The SMILES string of the molecule is CCC1CCCN1C(=O)Cc1ccccc1C(=O)O. The lowest BCUT2D eigenvalue weighted by molar-refractivity contribution is -0.131. The molecule has 0 bridgehead atoms. The van der Waals surface area contributed by atoms with Crippen LogP contribution < -0.4 is 0 Å². The molecule has 1 unspecified atom stereocenters. The van der Waals surface area contributed by atoms with E-state index in [9.17, 15) is 9.59 Å². The lowest BCUT2D eigenvalue weighted by Crippen LogP contribution is -2.36. The van der Waals surface area contributed by atoms with Gasteiger partial charge in [-0.2, -0.15) is 0 Å². The highest BCUT2D eigenvalue weighted by Crippen LogP contribution is 2.21. The molecule has 0 spiro atoms. The molecule has 4 nitrogen and oxygen atoms in total. The van der Waals surface area contributed by atoms with Crippen LogP contribution >= 0.6 is 0 Å². The van der Waals surface area contributed by atoms with Gasteiger partial charge in [-0.15, -0.1) is 0 Å². The quantitative estimate of drug-likeness (QED) is 0.905. The van der Waals surface area contributed by atoms with E-state index in [1.165, 1.54) is 0 Å². The Balaban J connectivity index is 2.13. The van der Waals surface area contributed by atoms with Crippen molar-refractivity contribution >= 4 is 11.9 Å². The van der Waals surface area contributed by atoms with Crippen LogP contribution in [0, 0.1) is 0 Å². The van der Waals surface area contributed by atoms with Crippen LogP contribution in [0.4, 0.5) is 0 Å². The van der Waals surface area contributed by atoms with Gasteiger partial charge in [-0.25, -0.2) is 4.79 Å². The summed E-state index contributed by atoms with van der Waals surface area (Å²) in [4.78, 5) is 25.3. The number of aromatic carboxylic acids is 1. The average molecular weight is 261 g/mol. The number of hydrogen-bond donors (Lipinski definition) is 1. The maximum Gasteiger partial charge on any atom is 0.335 e. The van der Waals surface area contributed by atoms with Crippen molar-refractivity contribution in [1.29, 1.82) is 0 Å². The Kier molecular flexibility index (Phi) is 4.20. The predicted molar refractivity (Wildman–Crippen MR) is 72.1 cm³/mol. The molecule has 2 rings (SSSR count). The number of rotatable bonds is 4. The lowest BCUT2D eigenvalue weighted by Gasteiger charge is -2.24. The first-order chi connectivity index (χ1) is 9.13. The van der Waals surface area contributed by atoms with E-state index < -0.39 is 5.97 Å². The molecular formula is C15H19NO3. The van der Waals surface area contributed by atoms with Crippen LogP contribution in [0.5, 0.6) is 0 Å². The van der Waals surface area contributed by atoms with Crippen molar-refractivity contribution in [2.75, 3.05) is 6.54 Å². The minimum Gasteiger partial charge on any atom is -0.478 e. The van der Waals surface area contributed by atoms with Crippen molar-refractivity contribution in [2.24, 2.45) is 0 Å². The predicted octanol–water partition coefficient (Wildman–Crippen LogP) is 2.33. The maximum absolute atomic E-state index is 12.3. The molecule has 19 heavy (non-hydrogen) atoms. The van der Waals surface area contributed by atoms with E-state index in [1.807, 2.05) is 4.90 Å². The highest BCUT2D eigenvalue weighted by Gasteiger charge is 2.27. The Morgan fingerprint density at radius 1 is 1.37 bits per heavy atom. The number of carboxylic acids is 1. The van der Waals surface area contributed by atoms with Gasteiger partial charge in [0.25, 0.3) is 0 Å². The molecule has 1 fully saturated rings. The van der Waals surface area contributed by atoms with Crippen molar-refractivity contribution in [3.05, 3.63) is 35.4 Å². The molecule has 1 heterocycles. The first-order valence-electron chi connectivity index (χ1n) is 6.74. The molecule has 1 aromatic rings. The molecule has 102 valence electrons. The van der Waals surface area contributed by atoms with Gasteiger partial charge < -0.3 is 10.0 Å². The van der Waals surface area contributed by atoms with Crippen molar-refractivity contribution in [3.8, 4) is 0 Å². The molecule has 0 radical (unpaired) electrons. The number of hydrogen-bond acceptors (Lipinski definition) is 2. The second-order valence-corrected chi connectivity index (χ2v) is 4.93. The zero-order valence-corrected chi connectivity index (χ0v) is 11.1. The topological polar surface area (TPSA) is 57.6 Å². The number of likely N-dealkylation sites (tertiary alicyclic amines) is 1. The number of nitrogens with zero attached hydrogens (tertiary/aromatic N) is 1. The Morgan fingerprint density at radius 3 is 2.79 bits per heavy atom. The number of carbonyl (C=O) groups is 2. The fourth-order valence-corrected chi connectivity index (χ4v) is 2.74. The van der Waals surface area contributed by atoms with E-state index in [0.29, 0.717) is 11.6 Å². The summed E-state index contributed by atoms with van der Waals surface area (Å²) in [6, 6.07) is 7.05. The molecule has 4 heteroatoms. The molecule has 1 atom stereocenters. The van der Waals surface area contributed by atoms with Gasteiger partial charge in [-0.05, 0) is 30.9 Å². The van der Waals surface area contributed by atoms with Crippen LogP contribution in [0.3, 0.4) is 0 Å². The van der Waals surface area contributed by atoms with Gasteiger partial charge in [-0.1, -0.05) is 25.1 Å². The van der Waals surface area contributed by atoms with Crippen molar-refractivity contribution in [3.63, 3.8) is 0 Å². The van der Waals surface area contributed by atoms with E-state index in [1.54, 1.807) is 24.3 Å². The summed E-state index contributed by atoms with van der Waals surface area (Å²) in [6.45, 7) is 2.88. The van der Waals surface area contributed by atoms with Gasteiger partial charge in [0, 0.05) is 12.6 Å². The van der Waals surface area contributed by atoms with Crippen LogP contribution in [0.2, 0.25) is 0 Å².